The van der Waals surface area contributed by atoms with Gasteiger partial charge in [0.15, 0.2) is 0 Å². The summed E-state index contributed by atoms with van der Waals surface area (Å²) in [7, 11) is 0. The van der Waals surface area contributed by atoms with E-state index in [1.807, 2.05) is 19.9 Å². The Morgan fingerprint density at radius 2 is 2.00 bits per heavy atom. The van der Waals surface area contributed by atoms with E-state index in [1.54, 1.807) is 6.92 Å². The normalized spacial score (nSPS) is 14.1. The molecule has 2 unspecified atom stereocenters. The van der Waals surface area contributed by atoms with E-state index >= 15 is 0 Å². The van der Waals surface area contributed by atoms with Crippen LogP contribution in [0.2, 0.25) is 0 Å². The first kappa shape index (κ1) is 13.9. The van der Waals surface area contributed by atoms with Crippen LogP contribution in [-0.4, -0.2) is 25.3 Å². The lowest BCUT2D eigenvalue weighted by Gasteiger charge is -2.15. The van der Waals surface area contributed by atoms with Crippen LogP contribution in [0.3, 0.4) is 0 Å². The predicted octanol–water partition coefficient (Wildman–Crippen LogP) is 2.33. The molecule has 3 nitrogen and oxygen atoms in total. The van der Waals surface area contributed by atoms with Gasteiger partial charge in [0.1, 0.15) is 6.61 Å². The van der Waals surface area contributed by atoms with Crippen molar-refractivity contribution in [3.63, 3.8) is 0 Å². The highest BCUT2D eigenvalue weighted by Crippen LogP contribution is 2.01. The van der Waals surface area contributed by atoms with Gasteiger partial charge in [0.05, 0.1) is 12.7 Å². The second-order valence-corrected chi connectivity index (χ2v) is 3.74. The number of esters is 1. The van der Waals surface area contributed by atoms with Gasteiger partial charge < -0.3 is 9.47 Å². The first-order valence-corrected chi connectivity index (χ1v) is 5.04. The molecular weight excluding hydrogens is 192 g/mol. The molecule has 0 aromatic carbocycles. The van der Waals surface area contributed by atoms with Crippen molar-refractivity contribution in [1.82, 2.24) is 0 Å². The lowest BCUT2D eigenvalue weighted by atomic mass is 10.2. The van der Waals surface area contributed by atoms with Gasteiger partial charge in [0.25, 0.3) is 0 Å². The number of ether oxygens (including phenoxy) is 2. The summed E-state index contributed by atoms with van der Waals surface area (Å²) in [6.45, 7) is 13.5. The minimum Gasteiger partial charge on any atom is -0.460 e. The van der Waals surface area contributed by atoms with Crippen LogP contribution in [0.25, 0.3) is 0 Å². The molecule has 0 rings (SSSR count). The summed E-state index contributed by atoms with van der Waals surface area (Å²) in [5.74, 6) is -0.0634. The van der Waals surface area contributed by atoms with Gasteiger partial charge in [-0.1, -0.05) is 19.6 Å². The lowest BCUT2D eigenvalue weighted by molar-refractivity contribution is -0.142. The topological polar surface area (TPSA) is 35.5 Å². The molecule has 0 bridgehead atoms. The van der Waals surface area contributed by atoms with Crippen molar-refractivity contribution < 1.29 is 14.3 Å². The molecule has 0 heterocycles. The highest BCUT2D eigenvalue weighted by atomic mass is 16.6. The summed E-state index contributed by atoms with van der Waals surface area (Å²) in [6.07, 6.45) is 1.72. The fraction of sp³-hybridized carbons (Fsp3) is 0.583. The fourth-order valence-electron chi connectivity index (χ4n) is 0.748. The van der Waals surface area contributed by atoms with E-state index in [0.29, 0.717) is 18.1 Å². The van der Waals surface area contributed by atoms with E-state index in [4.69, 9.17) is 9.47 Å². The number of carbonyl (C=O) groups is 1. The molecule has 0 aromatic rings. The molecule has 86 valence electrons. The third kappa shape index (κ3) is 6.91. The summed E-state index contributed by atoms with van der Waals surface area (Å²) in [6, 6.07) is 0. The van der Waals surface area contributed by atoms with Crippen molar-refractivity contribution >= 4 is 5.97 Å². The Kier molecular flexibility index (Phi) is 6.71. The Morgan fingerprint density at radius 3 is 2.47 bits per heavy atom. The molecule has 0 saturated heterocycles. The Morgan fingerprint density at radius 1 is 1.40 bits per heavy atom. The molecule has 0 spiro atoms. The van der Waals surface area contributed by atoms with Crippen LogP contribution in [0, 0.1) is 5.92 Å². The van der Waals surface area contributed by atoms with Gasteiger partial charge in [-0.3, -0.25) is 0 Å². The molecule has 0 fully saturated rings. The van der Waals surface area contributed by atoms with Gasteiger partial charge in [-0.05, 0) is 19.8 Å². The van der Waals surface area contributed by atoms with Crippen LogP contribution in [-0.2, 0) is 14.3 Å². The molecule has 0 aliphatic carbocycles. The summed E-state index contributed by atoms with van der Waals surface area (Å²) in [4.78, 5) is 11.0. The van der Waals surface area contributed by atoms with E-state index in [2.05, 4.69) is 13.2 Å². The molecule has 0 aliphatic rings. The maximum absolute atomic E-state index is 11.0. The minimum atomic E-state index is -0.373. The third-order valence-corrected chi connectivity index (χ3v) is 1.84. The second-order valence-electron chi connectivity index (χ2n) is 3.74. The van der Waals surface area contributed by atoms with E-state index in [-0.39, 0.29) is 18.7 Å². The third-order valence-electron chi connectivity index (χ3n) is 1.84. The van der Waals surface area contributed by atoms with Crippen molar-refractivity contribution in [3.05, 3.63) is 24.8 Å². The second kappa shape index (κ2) is 7.23. The number of rotatable bonds is 7. The molecule has 0 aromatic heterocycles. The van der Waals surface area contributed by atoms with Gasteiger partial charge in [0.2, 0.25) is 0 Å². The minimum absolute atomic E-state index is 0.101. The lowest BCUT2D eigenvalue weighted by Crippen LogP contribution is -2.21. The highest BCUT2D eigenvalue weighted by molar-refractivity contribution is 5.86. The van der Waals surface area contributed by atoms with E-state index in [1.165, 1.54) is 0 Å². The molecule has 0 N–H and O–H groups in total. The highest BCUT2D eigenvalue weighted by Gasteiger charge is 2.08. The summed E-state index contributed by atoms with van der Waals surface area (Å²) in [5.41, 5.74) is 0.404. The standard InChI is InChI=1S/C12H20O3/c1-6-10(4)7-14-11(5)8-15-12(13)9(2)3/h6,10-11H,1-2,7-8H2,3-5H3. The summed E-state index contributed by atoms with van der Waals surface area (Å²) >= 11 is 0. The van der Waals surface area contributed by atoms with E-state index in [0.717, 1.165) is 0 Å². The van der Waals surface area contributed by atoms with Crippen LogP contribution in [0.5, 0.6) is 0 Å². The van der Waals surface area contributed by atoms with Crippen molar-refractivity contribution in [2.24, 2.45) is 5.92 Å². The first-order valence-electron chi connectivity index (χ1n) is 5.04. The molecule has 15 heavy (non-hydrogen) atoms. The predicted molar refractivity (Wildman–Crippen MR) is 60.5 cm³/mol. The average molecular weight is 212 g/mol. The zero-order valence-electron chi connectivity index (χ0n) is 9.79. The van der Waals surface area contributed by atoms with Crippen molar-refractivity contribution in [3.8, 4) is 0 Å². The molecule has 0 radical (unpaired) electrons. The quantitative estimate of drug-likeness (QED) is 0.369. The zero-order chi connectivity index (χ0) is 11.8. The maximum atomic E-state index is 11.0. The average Bonchev–Trinajstić information content (AvgIpc) is 2.21. The van der Waals surface area contributed by atoms with Crippen molar-refractivity contribution in [1.29, 1.82) is 0 Å². The van der Waals surface area contributed by atoms with Crippen LogP contribution in [0.4, 0.5) is 0 Å². The smallest absolute Gasteiger partial charge is 0.333 e. The zero-order valence-corrected chi connectivity index (χ0v) is 9.79. The van der Waals surface area contributed by atoms with Crippen LogP contribution < -0.4 is 0 Å². The molecule has 0 amide bonds. The van der Waals surface area contributed by atoms with Crippen molar-refractivity contribution in [2.45, 2.75) is 26.9 Å². The maximum Gasteiger partial charge on any atom is 0.333 e. The van der Waals surface area contributed by atoms with E-state index < -0.39 is 0 Å². The summed E-state index contributed by atoms with van der Waals surface area (Å²) in [5, 5.41) is 0. The molecule has 0 aliphatic heterocycles. The number of hydrogen-bond donors (Lipinski definition) is 0. The number of hydrogen-bond acceptors (Lipinski definition) is 3. The molecule has 2 atom stereocenters. The van der Waals surface area contributed by atoms with Gasteiger partial charge >= 0.3 is 5.97 Å². The van der Waals surface area contributed by atoms with Crippen LogP contribution in [0.15, 0.2) is 24.8 Å². The van der Waals surface area contributed by atoms with Crippen LogP contribution >= 0.6 is 0 Å². The molecule has 3 heteroatoms. The van der Waals surface area contributed by atoms with Gasteiger partial charge in [-0.25, -0.2) is 4.79 Å². The molecular formula is C12H20O3. The Balaban J connectivity index is 3.66. The molecule has 0 saturated carbocycles. The fourth-order valence-corrected chi connectivity index (χ4v) is 0.748. The van der Waals surface area contributed by atoms with Crippen LogP contribution in [0.1, 0.15) is 20.8 Å². The van der Waals surface area contributed by atoms with E-state index in [9.17, 15) is 4.79 Å². The monoisotopic (exact) mass is 212 g/mol. The van der Waals surface area contributed by atoms with Gasteiger partial charge in [0, 0.05) is 5.57 Å². The van der Waals surface area contributed by atoms with Gasteiger partial charge in [-0.2, -0.15) is 0 Å². The number of carbonyl (C=O) groups excluding carboxylic acids is 1. The Labute approximate surface area is 91.8 Å². The first-order chi connectivity index (χ1) is 6.97. The Hall–Kier alpha value is -1.09. The van der Waals surface area contributed by atoms with Crippen molar-refractivity contribution in [2.75, 3.05) is 13.2 Å². The summed E-state index contributed by atoms with van der Waals surface area (Å²) < 4.78 is 10.4. The Bertz CT molecular complexity index is 233. The largest absolute Gasteiger partial charge is 0.460 e. The SMILES string of the molecule is C=CC(C)COC(C)COC(=O)C(=C)C. The van der Waals surface area contributed by atoms with Gasteiger partial charge in [-0.15, -0.1) is 6.58 Å².